The summed E-state index contributed by atoms with van der Waals surface area (Å²) >= 11 is 0. The summed E-state index contributed by atoms with van der Waals surface area (Å²) in [5, 5.41) is 2.26. The summed E-state index contributed by atoms with van der Waals surface area (Å²) in [6.45, 7) is 3.64. The van der Waals surface area contributed by atoms with E-state index in [9.17, 15) is 9.59 Å². The Morgan fingerprint density at radius 3 is 2.27 bits per heavy atom. The van der Waals surface area contributed by atoms with Gasteiger partial charge in [0.2, 0.25) is 0 Å². The van der Waals surface area contributed by atoms with E-state index in [2.05, 4.69) is 5.32 Å². The number of likely N-dealkylation sites (N-methyl/N-ethyl adjacent to an activating group) is 1. The molecule has 1 aliphatic rings. The number of carbonyl (C=O) groups is 2. The number of hydrogen-bond acceptors (Lipinski definition) is 2. The Balaban J connectivity index is 2.96. The lowest BCUT2D eigenvalue weighted by Gasteiger charge is -2.26. The summed E-state index contributed by atoms with van der Waals surface area (Å²) < 4.78 is 0. The van der Waals surface area contributed by atoms with Crippen LogP contribution in [0, 0.1) is 0 Å². The number of imide groups is 1. The van der Waals surface area contributed by atoms with Crippen molar-refractivity contribution in [3.05, 3.63) is 0 Å². The predicted molar refractivity (Wildman–Crippen MR) is 40.0 cm³/mol. The maximum atomic E-state index is 11.2. The molecule has 1 rings (SSSR count). The second kappa shape index (κ2) is 2.22. The number of rotatable bonds is 1. The lowest BCUT2D eigenvalue weighted by atomic mass is 9.98. The van der Waals surface area contributed by atoms with Gasteiger partial charge in [-0.1, -0.05) is 6.92 Å². The molecule has 1 atom stereocenters. The average molecular weight is 156 g/mol. The fraction of sp³-hybridized carbons (Fsp3) is 0.714. The molecule has 3 amide bonds. The zero-order chi connectivity index (χ0) is 8.65. The second-order valence-electron chi connectivity index (χ2n) is 2.95. The summed E-state index contributed by atoms with van der Waals surface area (Å²) in [4.78, 5) is 23.6. The van der Waals surface area contributed by atoms with E-state index >= 15 is 0 Å². The van der Waals surface area contributed by atoms with Crippen molar-refractivity contribution in [1.82, 2.24) is 10.2 Å². The van der Waals surface area contributed by atoms with Gasteiger partial charge in [-0.25, -0.2) is 4.79 Å². The summed E-state index contributed by atoms with van der Waals surface area (Å²) in [7, 11) is 1.63. The molecule has 1 aliphatic heterocycles. The van der Waals surface area contributed by atoms with Gasteiger partial charge < -0.3 is 4.90 Å². The van der Waals surface area contributed by atoms with Crippen LogP contribution in [-0.2, 0) is 4.79 Å². The molecule has 0 bridgehead atoms. The smallest absolute Gasteiger partial charge is 0.313 e. The highest BCUT2D eigenvalue weighted by atomic mass is 16.2. The number of nitrogens with one attached hydrogen (secondary N) is 1. The van der Waals surface area contributed by atoms with Crippen LogP contribution in [0.15, 0.2) is 0 Å². The number of carbonyl (C=O) groups excluding carboxylic acids is 2. The monoisotopic (exact) mass is 156 g/mol. The third kappa shape index (κ3) is 0.895. The van der Waals surface area contributed by atoms with Gasteiger partial charge in [-0.3, -0.25) is 10.1 Å². The minimum absolute atomic E-state index is 0.201. The first-order valence-corrected chi connectivity index (χ1v) is 3.61. The highest BCUT2D eigenvalue weighted by molar-refractivity contribution is 6.06. The zero-order valence-electron chi connectivity index (χ0n) is 6.97. The van der Waals surface area contributed by atoms with Gasteiger partial charge in [0, 0.05) is 7.05 Å². The van der Waals surface area contributed by atoms with E-state index in [4.69, 9.17) is 0 Å². The van der Waals surface area contributed by atoms with Gasteiger partial charge in [-0.2, -0.15) is 0 Å². The number of urea groups is 1. The average Bonchev–Trinajstić information content (AvgIpc) is 2.16. The highest BCUT2D eigenvalue weighted by Gasteiger charge is 2.45. The van der Waals surface area contributed by atoms with Crippen molar-refractivity contribution in [1.29, 1.82) is 0 Å². The largest absolute Gasteiger partial charge is 0.324 e. The normalized spacial score (nSPS) is 31.0. The molecule has 0 spiro atoms. The molecule has 0 aromatic heterocycles. The summed E-state index contributed by atoms with van der Waals surface area (Å²) in [5.74, 6) is -0.201. The van der Waals surface area contributed by atoms with Crippen LogP contribution >= 0.6 is 0 Å². The van der Waals surface area contributed by atoms with Crippen molar-refractivity contribution in [3.8, 4) is 0 Å². The fourth-order valence-electron chi connectivity index (χ4n) is 1.09. The van der Waals surface area contributed by atoms with Crippen molar-refractivity contribution >= 4 is 11.9 Å². The molecule has 0 saturated carbocycles. The van der Waals surface area contributed by atoms with Crippen LogP contribution < -0.4 is 5.32 Å². The van der Waals surface area contributed by atoms with Gasteiger partial charge in [0.25, 0.3) is 5.91 Å². The van der Waals surface area contributed by atoms with Gasteiger partial charge in [0.05, 0.1) is 0 Å². The third-order valence-electron chi connectivity index (χ3n) is 2.44. The second-order valence-corrected chi connectivity index (χ2v) is 2.95. The first kappa shape index (κ1) is 8.04. The van der Waals surface area contributed by atoms with Crippen molar-refractivity contribution in [2.45, 2.75) is 25.8 Å². The Bertz CT molecular complexity index is 214. The van der Waals surface area contributed by atoms with Crippen LogP contribution in [0.2, 0.25) is 0 Å². The topological polar surface area (TPSA) is 49.4 Å². The first-order chi connectivity index (χ1) is 5.02. The van der Waals surface area contributed by atoms with Crippen molar-refractivity contribution in [2.24, 2.45) is 0 Å². The minimum atomic E-state index is -0.642. The molecular weight excluding hydrogens is 144 g/mol. The fourth-order valence-corrected chi connectivity index (χ4v) is 1.09. The minimum Gasteiger partial charge on any atom is -0.313 e. The molecule has 0 unspecified atom stereocenters. The van der Waals surface area contributed by atoms with E-state index in [1.165, 1.54) is 4.90 Å². The van der Waals surface area contributed by atoms with Gasteiger partial charge in [0.15, 0.2) is 0 Å². The molecule has 4 nitrogen and oxygen atoms in total. The lowest BCUT2D eigenvalue weighted by Crippen LogP contribution is -2.43. The van der Waals surface area contributed by atoms with E-state index in [-0.39, 0.29) is 11.9 Å². The number of hydrogen-bond donors (Lipinski definition) is 1. The molecular formula is C7H12N2O2. The zero-order valence-corrected chi connectivity index (χ0v) is 6.97. The maximum absolute atomic E-state index is 11.2. The summed E-state index contributed by atoms with van der Waals surface area (Å²) in [5.41, 5.74) is -0.642. The van der Waals surface area contributed by atoms with E-state index in [1.807, 2.05) is 6.92 Å². The van der Waals surface area contributed by atoms with Gasteiger partial charge in [-0.15, -0.1) is 0 Å². The van der Waals surface area contributed by atoms with Crippen LogP contribution in [0.3, 0.4) is 0 Å². The standard InChI is InChI=1S/C7H12N2O2/c1-4-7(2)5(10)8-6(11)9(7)3/h4H2,1-3H3,(H,8,10,11)/t7-/m0/s1. The van der Waals surface area contributed by atoms with Gasteiger partial charge in [-0.05, 0) is 13.3 Å². The van der Waals surface area contributed by atoms with Crippen molar-refractivity contribution in [2.75, 3.05) is 7.05 Å². The maximum Gasteiger partial charge on any atom is 0.324 e. The third-order valence-corrected chi connectivity index (χ3v) is 2.44. The summed E-state index contributed by atoms with van der Waals surface area (Å²) in [6, 6.07) is -0.306. The predicted octanol–water partition coefficient (Wildman–Crippen LogP) is 0.337. The first-order valence-electron chi connectivity index (χ1n) is 3.61. The van der Waals surface area contributed by atoms with E-state index in [0.29, 0.717) is 6.42 Å². The molecule has 1 heterocycles. The highest BCUT2D eigenvalue weighted by Crippen LogP contribution is 2.22. The molecule has 0 aromatic rings. The quantitative estimate of drug-likeness (QED) is 0.556. The molecule has 1 N–H and O–H groups in total. The van der Waals surface area contributed by atoms with Crippen LogP contribution in [0.1, 0.15) is 20.3 Å². The molecule has 0 radical (unpaired) electrons. The lowest BCUT2D eigenvalue weighted by molar-refractivity contribution is -0.125. The molecule has 11 heavy (non-hydrogen) atoms. The van der Waals surface area contributed by atoms with E-state index < -0.39 is 5.54 Å². The molecule has 1 saturated heterocycles. The Kier molecular flexibility index (Phi) is 1.62. The Morgan fingerprint density at radius 1 is 1.55 bits per heavy atom. The van der Waals surface area contributed by atoms with Crippen LogP contribution in [0.4, 0.5) is 4.79 Å². The van der Waals surface area contributed by atoms with Crippen LogP contribution in [-0.4, -0.2) is 29.4 Å². The molecule has 1 fully saturated rings. The number of amides is 3. The Morgan fingerprint density at radius 2 is 2.09 bits per heavy atom. The Labute approximate surface area is 65.6 Å². The number of nitrogens with zero attached hydrogens (tertiary/aromatic N) is 1. The van der Waals surface area contributed by atoms with Crippen molar-refractivity contribution < 1.29 is 9.59 Å². The van der Waals surface area contributed by atoms with Crippen LogP contribution in [0.5, 0.6) is 0 Å². The van der Waals surface area contributed by atoms with Crippen LogP contribution in [0.25, 0.3) is 0 Å². The SMILES string of the molecule is CC[C@@]1(C)C(=O)NC(=O)N1C. The summed E-state index contributed by atoms with van der Waals surface area (Å²) in [6.07, 6.45) is 0.640. The molecule has 4 heteroatoms. The molecule has 0 aromatic carbocycles. The molecule has 62 valence electrons. The van der Waals surface area contributed by atoms with Crippen molar-refractivity contribution in [3.63, 3.8) is 0 Å². The van der Waals surface area contributed by atoms with E-state index in [1.54, 1.807) is 14.0 Å². The van der Waals surface area contributed by atoms with Gasteiger partial charge >= 0.3 is 6.03 Å². The molecule has 0 aliphatic carbocycles. The Hall–Kier alpha value is -1.06. The van der Waals surface area contributed by atoms with Gasteiger partial charge in [0.1, 0.15) is 5.54 Å². The van der Waals surface area contributed by atoms with E-state index in [0.717, 1.165) is 0 Å².